The van der Waals surface area contributed by atoms with Crippen LogP contribution in [0.4, 0.5) is 8.78 Å². The van der Waals surface area contributed by atoms with Crippen LogP contribution in [-0.2, 0) is 20.9 Å². The standard InChI is InChI=1S/C21H24F2N2O5S/c1-4-24(5-2)17(26)13-25-18(12-19(27)29-6-3)31-16(20(25)28)11-14-9-7-8-10-15(14)30-21(22)23/h7-12,21H,4-6,13H2,1-3H3/b16-11-,18-12+. The number of ether oxygens (including phenoxy) is 2. The highest BCUT2D eigenvalue weighted by atomic mass is 32.1. The summed E-state index contributed by atoms with van der Waals surface area (Å²) in [5.74, 6) is -1.02. The minimum Gasteiger partial charge on any atom is -0.463 e. The number of carbonyl (C=O) groups is 2. The molecule has 0 saturated carbocycles. The maximum absolute atomic E-state index is 13.0. The Bertz CT molecular complexity index is 1090. The third-order valence-corrected chi connectivity index (χ3v) is 5.36. The minimum atomic E-state index is -3.02. The molecular weight excluding hydrogens is 430 g/mol. The van der Waals surface area contributed by atoms with Gasteiger partial charge in [-0.3, -0.25) is 14.2 Å². The van der Waals surface area contributed by atoms with Crippen molar-refractivity contribution >= 4 is 35.4 Å². The summed E-state index contributed by atoms with van der Waals surface area (Å²) >= 11 is 0.956. The van der Waals surface area contributed by atoms with Crippen LogP contribution in [-0.4, -0.2) is 47.7 Å². The minimum absolute atomic E-state index is 0.0908. The predicted molar refractivity (Wildman–Crippen MR) is 113 cm³/mol. The molecule has 1 aromatic carbocycles. The van der Waals surface area contributed by atoms with E-state index < -0.39 is 18.1 Å². The summed E-state index contributed by atoms with van der Waals surface area (Å²) in [6.07, 6.45) is 2.54. The lowest BCUT2D eigenvalue weighted by atomic mass is 10.2. The number of hydrogen-bond donors (Lipinski definition) is 0. The van der Waals surface area contributed by atoms with Crippen LogP contribution in [0.5, 0.6) is 5.75 Å². The second-order valence-electron chi connectivity index (χ2n) is 6.22. The lowest BCUT2D eigenvalue weighted by Gasteiger charge is -2.18. The van der Waals surface area contributed by atoms with E-state index >= 15 is 0 Å². The van der Waals surface area contributed by atoms with E-state index in [1.165, 1.54) is 28.8 Å². The fourth-order valence-corrected chi connectivity index (χ4v) is 3.85. The number of thiazole rings is 1. The Labute approximate surface area is 181 Å². The van der Waals surface area contributed by atoms with Gasteiger partial charge in [-0.2, -0.15) is 8.78 Å². The zero-order valence-corrected chi connectivity index (χ0v) is 18.3. The number of benzene rings is 1. The number of para-hydroxylation sites is 1. The number of aromatic nitrogens is 1. The second-order valence-corrected chi connectivity index (χ2v) is 7.28. The Morgan fingerprint density at radius 3 is 2.48 bits per heavy atom. The molecule has 1 heterocycles. The van der Waals surface area contributed by atoms with E-state index in [0.29, 0.717) is 13.1 Å². The van der Waals surface area contributed by atoms with Gasteiger partial charge in [-0.25, -0.2) is 4.79 Å². The number of carbonyl (C=O) groups excluding carboxylic acids is 2. The van der Waals surface area contributed by atoms with E-state index in [1.54, 1.807) is 17.9 Å². The Hall–Kier alpha value is -3.01. The van der Waals surface area contributed by atoms with E-state index in [1.807, 2.05) is 13.8 Å². The van der Waals surface area contributed by atoms with Gasteiger partial charge in [0.05, 0.1) is 17.2 Å². The number of rotatable bonds is 9. The van der Waals surface area contributed by atoms with Crippen molar-refractivity contribution in [2.75, 3.05) is 19.7 Å². The summed E-state index contributed by atoms with van der Waals surface area (Å²) in [4.78, 5) is 39.1. The van der Waals surface area contributed by atoms with Gasteiger partial charge in [0.1, 0.15) is 17.0 Å². The number of hydrogen-bond acceptors (Lipinski definition) is 6. The SMILES string of the molecule is CCOC(=O)/C=c1/s/c(=C\c2ccccc2OC(F)F)c(=O)n1CC(=O)N(CC)CC. The quantitative estimate of drug-likeness (QED) is 0.538. The van der Waals surface area contributed by atoms with Gasteiger partial charge in [0.15, 0.2) is 0 Å². The average Bonchev–Trinajstić information content (AvgIpc) is 2.99. The van der Waals surface area contributed by atoms with Crippen LogP contribution in [0, 0.1) is 0 Å². The fraction of sp³-hybridized carbons (Fsp3) is 0.381. The van der Waals surface area contributed by atoms with Gasteiger partial charge >= 0.3 is 12.6 Å². The summed E-state index contributed by atoms with van der Waals surface area (Å²) in [5.41, 5.74) is -0.251. The summed E-state index contributed by atoms with van der Waals surface area (Å²) in [7, 11) is 0. The first-order valence-electron chi connectivity index (χ1n) is 9.72. The van der Waals surface area contributed by atoms with Gasteiger partial charge in [-0.05, 0) is 32.9 Å². The molecule has 0 saturated heterocycles. The number of esters is 1. The van der Waals surface area contributed by atoms with Crippen molar-refractivity contribution in [2.45, 2.75) is 33.9 Å². The van der Waals surface area contributed by atoms with Crippen LogP contribution >= 0.6 is 11.3 Å². The van der Waals surface area contributed by atoms with Gasteiger partial charge in [0.2, 0.25) is 5.91 Å². The number of alkyl halides is 2. The van der Waals surface area contributed by atoms with Gasteiger partial charge in [0.25, 0.3) is 5.56 Å². The van der Waals surface area contributed by atoms with Crippen molar-refractivity contribution in [1.82, 2.24) is 9.47 Å². The molecule has 0 aliphatic heterocycles. The molecule has 0 fully saturated rings. The highest BCUT2D eigenvalue weighted by Gasteiger charge is 2.15. The molecule has 168 valence electrons. The van der Waals surface area contributed by atoms with E-state index in [4.69, 9.17) is 4.74 Å². The van der Waals surface area contributed by atoms with Crippen LogP contribution in [0.2, 0.25) is 0 Å². The van der Waals surface area contributed by atoms with E-state index in [9.17, 15) is 23.2 Å². The molecule has 0 spiro atoms. The Morgan fingerprint density at radius 1 is 1.19 bits per heavy atom. The fourth-order valence-electron chi connectivity index (χ4n) is 2.83. The smallest absolute Gasteiger partial charge is 0.387 e. The Kier molecular flexibility index (Phi) is 8.92. The van der Waals surface area contributed by atoms with E-state index in [2.05, 4.69) is 4.74 Å². The van der Waals surface area contributed by atoms with Gasteiger partial charge < -0.3 is 14.4 Å². The van der Waals surface area contributed by atoms with Crippen molar-refractivity contribution in [3.05, 3.63) is 49.4 Å². The Balaban J connectivity index is 2.62. The van der Waals surface area contributed by atoms with Crippen LogP contribution in [0.3, 0.4) is 0 Å². The number of nitrogens with zero attached hydrogens (tertiary/aromatic N) is 2. The summed E-state index contributed by atoms with van der Waals surface area (Å²) in [6, 6.07) is 6.03. The maximum atomic E-state index is 13.0. The number of amides is 1. The van der Waals surface area contributed by atoms with E-state index in [0.717, 1.165) is 17.4 Å². The molecule has 2 aromatic rings. The van der Waals surface area contributed by atoms with E-state index in [-0.39, 0.29) is 39.6 Å². The topological polar surface area (TPSA) is 77.8 Å². The molecule has 0 aliphatic carbocycles. The molecule has 0 atom stereocenters. The van der Waals surface area contributed by atoms with Gasteiger partial charge in [-0.15, -0.1) is 11.3 Å². The summed E-state index contributed by atoms with van der Waals surface area (Å²) in [5, 5.41) is 0. The number of halogens is 2. The van der Waals surface area contributed by atoms with Crippen LogP contribution < -0.4 is 19.5 Å². The molecule has 1 aromatic heterocycles. The normalized spacial score (nSPS) is 12.3. The van der Waals surface area contributed by atoms with Crippen LogP contribution in [0.25, 0.3) is 12.2 Å². The largest absolute Gasteiger partial charge is 0.463 e. The highest BCUT2D eigenvalue weighted by Crippen LogP contribution is 2.20. The predicted octanol–water partition coefficient (Wildman–Crippen LogP) is 1.55. The molecule has 0 bridgehead atoms. The number of likely N-dealkylation sites (N-methyl/N-ethyl adjacent to an activating group) is 1. The zero-order chi connectivity index (χ0) is 23.0. The molecular formula is C21H24F2N2O5S. The van der Waals surface area contributed by atoms with Crippen molar-refractivity contribution in [3.8, 4) is 5.75 Å². The molecule has 0 N–H and O–H groups in total. The monoisotopic (exact) mass is 454 g/mol. The Morgan fingerprint density at radius 2 is 1.87 bits per heavy atom. The molecule has 10 heteroatoms. The summed E-state index contributed by atoms with van der Waals surface area (Å²) in [6.45, 7) is 3.12. The lowest BCUT2D eigenvalue weighted by molar-refractivity contribution is -0.135. The second kappa shape index (κ2) is 11.4. The van der Waals surface area contributed by atoms with Gasteiger partial charge in [-0.1, -0.05) is 18.2 Å². The first-order chi connectivity index (χ1) is 14.8. The third kappa shape index (κ3) is 6.48. The van der Waals surface area contributed by atoms with Crippen molar-refractivity contribution in [1.29, 1.82) is 0 Å². The van der Waals surface area contributed by atoms with Crippen molar-refractivity contribution in [2.24, 2.45) is 0 Å². The first-order valence-corrected chi connectivity index (χ1v) is 10.5. The first kappa shape index (κ1) is 24.3. The van der Waals surface area contributed by atoms with Crippen LogP contribution in [0.15, 0.2) is 29.1 Å². The zero-order valence-electron chi connectivity index (χ0n) is 17.5. The van der Waals surface area contributed by atoms with Crippen molar-refractivity contribution < 1.29 is 27.8 Å². The molecule has 31 heavy (non-hydrogen) atoms. The lowest BCUT2D eigenvalue weighted by Crippen LogP contribution is -2.40. The van der Waals surface area contributed by atoms with Gasteiger partial charge in [0, 0.05) is 18.7 Å². The molecule has 7 nitrogen and oxygen atoms in total. The molecule has 1 amide bonds. The average molecular weight is 454 g/mol. The van der Waals surface area contributed by atoms with Crippen LogP contribution in [0.1, 0.15) is 26.3 Å². The molecule has 0 radical (unpaired) electrons. The van der Waals surface area contributed by atoms with Crippen molar-refractivity contribution in [3.63, 3.8) is 0 Å². The summed E-state index contributed by atoms with van der Waals surface area (Å²) < 4.78 is 36.4. The highest BCUT2D eigenvalue weighted by molar-refractivity contribution is 7.07. The molecule has 0 unspecified atom stereocenters. The molecule has 0 aliphatic rings. The molecule has 2 rings (SSSR count). The third-order valence-electron chi connectivity index (χ3n) is 4.30. The maximum Gasteiger partial charge on any atom is 0.387 e.